The number of benzene rings is 2. The smallest absolute Gasteiger partial charge is 0.255 e. The van der Waals surface area contributed by atoms with Gasteiger partial charge in [0, 0.05) is 6.07 Å². The maximum atomic E-state index is 13.9. The number of fused-ring (bicyclic) bond motifs is 1. The van der Waals surface area contributed by atoms with Crippen molar-refractivity contribution >= 4 is 23.2 Å². The third-order valence-electron chi connectivity index (χ3n) is 4.71. The minimum atomic E-state index is -0.693. The lowest BCUT2D eigenvalue weighted by Crippen LogP contribution is -2.29. The van der Waals surface area contributed by atoms with Crippen LogP contribution in [0.4, 0.5) is 4.39 Å². The fourth-order valence-electron chi connectivity index (χ4n) is 3.13. The van der Waals surface area contributed by atoms with Gasteiger partial charge >= 0.3 is 0 Å². The Labute approximate surface area is 193 Å². The standard InChI is InChI=1S/C22H19ClFN5O4/c1-31-13-6-7-17(32-2)14(12-13)21-27-26-18-8-9-19(28-29(18)21)33-11-10-25-22(30)20-15(23)4-3-5-16(20)24/h3-9,12H,10-11H2,1-2H3,(H,25,30). The molecule has 4 rings (SSSR count). The molecule has 1 N–H and O–H groups in total. The molecule has 0 spiro atoms. The summed E-state index contributed by atoms with van der Waals surface area (Å²) in [4.78, 5) is 12.2. The Kier molecular flexibility index (Phi) is 6.55. The number of nitrogens with one attached hydrogen (secondary N) is 1. The molecule has 2 aromatic heterocycles. The third-order valence-corrected chi connectivity index (χ3v) is 5.03. The van der Waals surface area contributed by atoms with Gasteiger partial charge in [0.25, 0.3) is 5.91 Å². The van der Waals surface area contributed by atoms with Crippen LogP contribution in [-0.2, 0) is 0 Å². The number of halogens is 2. The molecule has 0 aliphatic rings. The number of ether oxygens (including phenoxy) is 3. The van der Waals surface area contributed by atoms with Crippen LogP contribution in [0.1, 0.15) is 10.4 Å². The van der Waals surface area contributed by atoms with Crippen molar-refractivity contribution in [3.63, 3.8) is 0 Å². The van der Waals surface area contributed by atoms with E-state index < -0.39 is 11.7 Å². The lowest BCUT2D eigenvalue weighted by atomic mass is 10.2. The normalized spacial score (nSPS) is 10.8. The lowest BCUT2D eigenvalue weighted by molar-refractivity contribution is 0.0942. The molecule has 170 valence electrons. The van der Waals surface area contributed by atoms with Gasteiger partial charge in [-0.25, -0.2) is 4.39 Å². The van der Waals surface area contributed by atoms with Gasteiger partial charge in [-0.1, -0.05) is 17.7 Å². The van der Waals surface area contributed by atoms with Gasteiger partial charge in [0.05, 0.1) is 36.9 Å². The summed E-state index contributed by atoms with van der Waals surface area (Å²) >= 11 is 5.91. The summed E-state index contributed by atoms with van der Waals surface area (Å²) in [6.07, 6.45) is 0. The lowest BCUT2D eigenvalue weighted by Gasteiger charge is -2.10. The molecule has 0 fully saturated rings. The molecule has 0 unspecified atom stereocenters. The predicted molar refractivity (Wildman–Crippen MR) is 119 cm³/mol. The number of aromatic nitrogens is 4. The van der Waals surface area contributed by atoms with E-state index in [9.17, 15) is 9.18 Å². The molecular weight excluding hydrogens is 453 g/mol. The topological polar surface area (TPSA) is 99.9 Å². The summed E-state index contributed by atoms with van der Waals surface area (Å²) < 4.78 is 31.7. The van der Waals surface area contributed by atoms with E-state index in [0.29, 0.717) is 28.5 Å². The van der Waals surface area contributed by atoms with Crippen molar-refractivity contribution in [1.29, 1.82) is 0 Å². The maximum Gasteiger partial charge on any atom is 0.255 e. The Morgan fingerprint density at radius 3 is 2.73 bits per heavy atom. The molecule has 9 nitrogen and oxygen atoms in total. The SMILES string of the molecule is COc1ccc(OC)c(-c2nnc3ccc(OCCNC(=O)c4c(F)cccc4Cl)nn23)c1. The van der Waals surface area contributed by atoms with E-state index in [1.807, 2.05) is 0 Å². The first-order chi connectivity index (χ1) is 16.0. The van der Waals surface area contributed by atoms with E-state index in [-0.39, 0.29) is 29.6 Å². The molecule has 0 saturated carbocycles. The highest BCUT2D eigenvalue weighted by Crippen LogP contribution is 2.32. The molecule has 33 heavy (non-hydrogen) atoms. The average molecular weight is 472 g/mol. The van der Waals surface area contributed by atoms with Crippen molar-refractivity contribution in [3.05, 3.63) is 64.9 Å². The Morgan fingerprint density at radius 2 is 1.97 bits per heavy atom. The number of hydrogen-bond donors (Lipinski definition) is 1. The highest BCUT2D eigenvalue weighted by molar-refractivity contribution is 6.33. The first-order valence-corrected chi connectivity index (χ1v) is 10.2. The maximum absolute atomic E-state index is 13.9. The van der Waals surface area contributed by atoms with E-state index in [0.717, 1.165) is 0 Å². The van der Waals surface area contributed by atoms with Crippen LogP contribution in [0.3, 0.4) is 0 Å². The number of carbonyl (C=O) groups is 1. The Balaban J connectivity index is 1.48. The molecule has 0 bridgehead atoms. The number of nitrogens with zero attached hydrogens (tertiary/aromatic N) is 4. The van der Waals surface area contributed by atoms with Crippen LogP contribution in [0.25, 0.3) is 17.0 Å². The Bertz CT molecular complexity index is 1290. The fraction of sp³-hybridized carbons (Fsp3) is 0.182. The zero-order valence-electron chi connectivity index (χ0n) is 17.7. The van der Waals surface area contributed by atoms with Crippen LogP contribution in [0.2, 0.25) is 5.02 Å². The molecule has 1 amide bonds. The third kappa shape index (κ3) is 4.65. The van der Waals surface area contributed by atoms with Crippen molar-refractivity contribution in [3.8, 4) is 28.8 Å². The van der Waals surface area contributed by atoms with Crippen molar-refractivity contribution in [2.24, 2.45) is 0 Å². The van der Waals surface area contributed by atoms with Crippen LogP contribution >= 0.6 is 11.6 Å². The summed E-state index contributed by atoms with van der Waals surface area (Å²) in [5.74, 6) is 0.600. The molecular formula is C22H19ClFN5O4. The second kappa shape index (κ2) is 9.70. The zero-order valence-corrected chi connectivity index (χ0v) is 18.5. The summed E-state index contributed by atoms with van der Waals surface area (Å²) in [7, 11) is 3.12. The van der Waals surface area contributed by atoms with Gasteiger partial charge in [-0.2, -0.15) is 4.52 Å². The average Bonchev–Trinajstić information content (AvgIpc) is 3.24. The largest absolute Gasteiger partial charge is 0.497 e. The number of rotatable bonds is 8. The summed E-state index contributed by atoms with van der Waals surface area (Å²) in [5.41, 5.74) is 0.938. The molecule has 0 atom stereocenters. The van der Waals surface area contributed by atoms with Crippen LogP contribution in [0.5, 0.6) is 17.4 Å². The highest BCUT2D eigenvalue weighted by atomic mass is 35.5. The first kappa shape index (κ1) is 22.3. The summed E-state index contributed by atoms with van der Waals surface area (Å²) in [6, 6.07) is 12.7. The van der Waals surface area contributed by atoms with Gasteiger partial charge in [0.2, 0.25) is 5.88 Å². The van der Waals surface area contributed by atoms with Crippen LogP contribution in [0.15, 0.2) is 48.5 Å². The predicted octanol–water partition coefficient (Wildman–Crippen LogP) is 3.41. The van der Waals surface area contributed by atoms with E-state index in [1.165, 1.54) is 22.7 Å². The first-order valence-electron chi connectivity index (χ1n) is 9.81. The molecule has 4 aromatic rings. The molecule has 11 heteroatoms. The fourth-order valence-corrected chi connectivity index (χ4v) is 3.38. The second-order valence-electron chi connectivity index (χ2n) is 6.73. The van der Waals surface area contributed by atoms with Gasteiger partial charge < -0.3 is 19.5 Å². The minimum Gasteiger partial charge on any atom is -0.497 e. The van der Waals surface area contributed by atoms with E-state index in [1.54, 1.807) is 44.6 Å². The molecule has 2 aromatic carbocycles. The van der Waals surface area contributed by atoms with Gasteiger partial charge in [-0.3, -0.25) is 4.79 Å². The Morgan fingerprint density at radius 1 is 1.12 bits per heavy atom. The van der Waals surface area contributed by atoms with Crippen molar-refractivity contribution in [1.82, 2.24) is 25.1 Å². The molecule has 0 aliphatic heterocycles. The van der Waals surface area contributed by atoms with Crippen LogP contribution in [-0.4, -0.2) is 53.1 Å². The number of methoxy groups -OCH3 is 2. The highest BCUT2D eigenvalue weighted by Gasteiger charge is 2.17. The minimum absolute atomic E-state index is 0.0358. The van der Waals surface area contributed by atoms with Crippen molar-refractivity contribution in [2.45, 2.75) is 0 Å². The second-order valence-corrected chi connectivity index (χ2v) is 7.14. The molecule has 2 heterocycles. The zero-order chi connectivity index (χ0) is 23.4. The number of hydrogen-bond acceptors (Lipinski definition) is 7. The monoisotopic (exact) mass is 471 g/mol. The quantitative estimate of drug-likeness (QED) is 0.393. The Hall–Kier alpha value is -3.92. The van der Waals surface area contributed by atoms with E-state index in [4.69, 9.17) is 25.8 Å². The van der Waals surface area contributed by atoms with Crippen molar-refractivity contribution < 1.29 is 23.4 Å². The summed E-state index contributed by atoms with van der Waals surface area (Å²) in [5, 5.41) is 15.4. The van der Waals surface area contributed by atoms with Crippen LogP contribution in [0, 0.1) is 5.82 Å². The number of carbonyl (C=O) groups excluding carboxylic acids is 1. The molecule has 0 aliphatic carbocycles. The number of amides is 1. The van der Waals surface area contributed by atoms with Gasteiger partial charge in [-0.05, 0) is 36.4 Å². The van der Waals surface area contributed by atoms with Crippen molar-refractivity contribution in [2.75, 3.05) is 27.4 Å². The van der Waals surface area contributed by atoms with Gasteiger partial charge in [0.15, 0.2) is 11.5 Å². The molecule has 0 saturated heterocycles. The van der Waals surface area contributed by atoms with Crippen LogP contribution < -0.4 is 19.5 Å². The molecule has 0 radical (unpaired) electrons. The van der Waals surface area contributed by atoms with E-state index >= 15 is 0 Å². The van der Waals surface area contributed by atoms with Gasteiger partial charge in [0.1, 0.15) is 23.9 Å². The van der Waals surface area contributed by atoms with Gasteiger partial charge in [-0.15, -0.1) is 15.3 Å². The van der Waals surface area contributed by atoms with E-state index in [2.05, 4.69) is 20.6 Å². The summed E-state index contributed by atoms with van der Waals surface area (Å²) in [6.45, 7) is 0.207.